The largest absolute Gasteiger partial charge is 0.515 e. The molecule has 1 aromatic heterocycles. The van der Waals surface area contributed by atoms with Crippen molar-refractivity contribution in [2.75, 3.05) is 6.61 Å². The minimum atomic E-state index is -0.833. The van der Waals surface area contributed by atoms with E-state index in [9.17, 15) is 4.79 Å². The predicted octanol–water partition coefficient (Wildman–Crippen LogP) is 4.60. The average molecular weight is 368 g/mol. The number of nitriles is 1. The second-order valence-corrected chi connectivity index (χ2v) is 5.67. The van der Waals surface area contributed by atoms with Crippen LogP contribution in [0.1, 0.15) is 12.5 Å². The molecule has 3 aromatic rings. The highest BCUT2D eigenvalue weighted by Crippen LogP contribution is 2.29. The number of ether oxygens (including phenoxy) is 2. The molecule has 0 amide bonds. The Morgan fingerprint density at radius 3 is 2.77 bits per heavy atom. The highest BCUT2D eigenvalue weighted by atomic mass is 35.5. The Bertz CT molecular complexity index is 992. The van der Waals surface area contributed by atoms with Crippen molar-refractivity contribution in [3.8, 4) is 28.9 Å². The lowest BCUT2D eigenvalue weighted by molar-refractivity contribution is 0.102. The third kappa shape index (κ3) is 3.85. The normalized spacial score (nSPS) is 10.2. The molecule has 7 heteroatoms. The van der Waals surface area contributed by atoms with Crippen molar-refractivity contribution in [3.63, 3.8) is 0 Å². The monoisotopic (exact) mass is 367 g/mol. The number of halogens is 1. The highest BCUT2D eigenvalue weighted by molar-refractivity contribution is 6.30. The molecule has 0 unspecified atom stereocenters. The second-order valence-electron chi connectivity index (χ2n) is 5.24. The van der Waals surface area contributed by atoms with Crippen LogP contribution in [0.5, 0.6) is 5.88 Å². The van der Waals surface area contributed by atoms with Crippen molar-refractivity contribution in [2.24, 2.45) is 0 Å². The van der Waals surface area contributed by atoms with E-state index in [1.165, 1.54) is 0 Å². The molecular formula is C19H14ClN3O3. The zero-order chi connectivity index (χ0) is 18.5. The van der Waals surface area contributed by atoms with Crippen molar-refractivity contribution in [1.29, 1.82) is 5.26 Å². The minimum absolute atomic E-state index is 0.0841. The molecule has 0 bridgehead atoms. The molecule has 1 heterocycles. The fourth-order valence-electron chi connectivity index (χ4n) is 2.40. The molecule has 0 aliphatic rings. The molecule has 0 spiro atoms. The summed E-state index contributed by atoms with van der Waals surface area (Å²) in [6, 6.07) is 17.9. The maximum absolute atomic E-state index is 11.6. The average Bonchev–Trinajstić information content (AvgIpc) is 3.05. The molecule has 3 rings (SSSR count). The zero-order valence-electron chi connectivity index (χ0n) is 13.8. The van der Waals surface area contributed by atoms with Gasteiger partial charge >= 0.3 is 6.16 Å². The summed E-state index contributed by atoms with van der Waals surface area (Å²) in [4.78, 5) is 11.6. The Morgan fingerprint density at radius 1 is 1.23 bits per heavy atom. The van der Waals surface area contributed by atoms with Gasteiger partial charge in [-0.05, 0) is 37.3 Å². The number of benzene rings is 2. The van der Waals surface area contributed by atoms with Crippen molar-refractivity contribution in [2.45, 2.75) is 6.92 Å². The Labute approximate surface area is 155 Å². The smallest absolute Gasteiger partial charge is 0.434 e. The molecule has 26 heavy (non-hydrogen) atoms. The van der Waals surface area contributed by atoms with Gasteiger partial charge in [-0.1, -0.05) is 29.8 Å². The summed E-state index contributed by atoms with van der Waals surface area (Å²) in [5, 5.41) is 14.0. The van der Waals surface area contributed by atoms with Gasteiger partial charge in [0.25, 0.3) is 0 Å². The Kier molecular flexibility index (Phi) is 5.20. The Hall–Kier alpha value is -3.30. The molecule has 0 N–H and O–H groups in total. The zero-order valence-corrected chi connectivity index (χ0v) is 14.6. The first-order valence-electron chi connectivity index (χ1n) is 7.82. The lowest BCUT2D eigenvalue weighted by Crippen LogP contribution is -2.10. The molecule has 130 valence electrons. The fourth-order valence-corrected chi connectivity index (χ4v) is 2.59. The number of nitrogens with zero attached hydrogens (tertiary/aromatic N) is 3. The number of carbonyl (C=O) groups excluding carboxylic acids is 1. The predicted molar refractivity (Wildman–Crippen MR) is 96.4 cm³/mol. The van der Waals surface area contributed by atoms with Gasteiger partial charge in [0.05, 0.1) is 29.6 Å². The van der Waals surface area contributed by atoms with E-state index in [0.29, 0.717) is 22.0 Å². The van der Waals surface area contributed by atoms with E-state index in [2.05, 4.69) is 11.2 Å². The van der Waals surface area contributed by atoms with Crippen LogP contribution in [0.3, 0.4) is 0 Å². The number of hydrogen-bond donors (Lipinski definition) is 0. The van der Waals surface area contributed by atoms with E-state index in [-0.39, 0.29) is 12.5 Å². The van der Waals surface area contributed by atoms with Crippen LogP contribution >= 0.6 is 11.6 Å². The lowest BCUT2D eigenvalue weighted by atomic mass is 10.1. The number of rotatable bonds is 4. The van der Waals surface area contributed by atoms with Crippen LogP contribution in [-0.2, 0) is 4.74 Å². The van der Waals surface area contributed by atoms with Gasteiger partial charge in [0.2, 0.25) is 5.88 Å². The summed E-state index contributed by atoms with van der Waals surface area (Å²) in [6.07, 6.45) is -0.833. The molecule has 0 aliphatic carbocycles. The Morgan fingerprint density at radius 2 is 2.04 bits per heavy atom. The molecule has 0 aliphatic heterocycles. The molecule has 0 fully saturated rings. The molecular weight excluding hydrogens is 354 g/mol. The van der Waals surface area contributed by atoms with Crippen molar-refractivity contribution in [1.82, 2.24) is 9.78 Å². The van der Waals surface area contributed by atoms with E-state index in [4.69, 9.17) is 26.3 Å². The molecule has 0 atom stereocenters. The van der Waals surface area contributed by atoms with Gasteiger partial charge < -0.3 is 9.47 Å². The van der Waals surface area contributed by atoms with Crippen LogP contribution in [0, 0.1) is 11.3 Å². The number of hydrogen-bond acceptors (Lipinski definition) is 5. The first-order chi connectivity index (χ1) is 12.6. The molecule has 6 nitrogen and oxygen atoms in total. The lowest BCUT2D eigenvalue weighted by Gasteiger charge is -2.08. The summed E-state index contributed by atoms with van der Waals surface area (Å²) >= 11 is 6.10. The van der Waals surface area contributed by atoms with Gasteiger partial charge in [0.15, 0.2) is 0 Å². The first-order valence-corrected chi connectivity index (χ1v) is 8.19. The molecule has 0 radical (unpaired) electrons. The fraction of sp³-hybridized carbons (Fsp3) is 0.105. The summed E-state index contributed by atoms with van der Waals surface area (Å²) in [5.41, 5.74) is 2.58. The topological polar surface area (TPSA) is 77.1 Å². The van der Waals surface area contributed by atoms with Gasteiger partial charge in [-0.2, -0.15) is 5.26 Å². The van der Waals surface area contributed by atoms with Crippen LogP contribution in [0.2, 0.25) is 5.02 Å². The molecule has 0 saturated heterocycles. The van der Waals surface area contributed by atoms with E-state index in [1.807, 2.05) is 12.1 Å². The van der Waals surface area contributed by atoms with Crippen LogP contribution in [-0.4, -0.2) is 22.5 Å². The SMILES string of the molecule is CCOC(=O)Oc1cc(-c2cccc(Cl)c2)n(-c2cccc(C#N)c2)n1. The quantitative estimate of drug-likeness (QED) is 0.630. The van der Waals surface area contributed by atoms with Gasteiger partial charge in [0.1, 0.15) is 0 Å². The standard InChI is InChI=1S/C19H14ClN3O3/c1-2-25-19(24)26-18-11-17(14-6-4-7-15(20)10-14)23(22-18)16-8-3-5-13(9-16)12-21/h3-11H,2H2,1H3. The van der Waals surface area contributed by atoms with Crippen molar-refractivity contribution < 1.29 is 14.3 Å². The summed E-state index contributed by atoms with van der Waals surface area (Å²) in [6.45, 7) is 1.88. The minimum Gasteiger partial charge on any atom is -0.434 e. The Balaban J connectivity index is 2.10. The summed E-state index contributed by atoms with van der Waals surface area (Å²) < 4.78 is 11.5. The van der Waals surface area contributed by atoms with Crippen molar-refractivity contribution in [3.05, 3.63) is 65.2 Å². The van der Waals surface area contributed by atoms with E-state index in [1.54, 1.807) is 54.1 Å². The summed E-state index contributed by atoms with van der Waals surface area (Å²) in [5.74, 6) is 0.0841. The van der Waals surface area contributed by atoms with E-state index >= 15 is 0 Å². The van der Waals surface area contributed by atoms with Crippen LogP contribution < -0.4 is 4.74 Å². The van der Waals surface area contributed by atoms with E-state index < -0.39 is 6.16 Å². The third-order valence-electron chi connectivity index (χ3n) is 3.48. The number of carbonyl (C=O) groups is 1. The second kappa shape index (κ2) is 7.72. The van der Waals surface area contributed by atoms with Gasteiger partial charge in [0, 0.05) is 16.7 Å². The molecule has 0 saturated carbocycles. The molecule has 2 aromatic carbocycles. The first kappa shape index (κ1) is 17.5. The van der Waals surface area contributed by atoms with E-state index in [0.717, 1.165) is 5.56 Å². The summed E-state index contributed by atoms with van der Waals surface area (Å²) in [7, 11) is 0. The van der Waals surface area contributed by atoms with Gasteiger partial charge in [-0.15, -0.1) is 5.10 Å². The maximum Gasteiger partial charge on any atom is 0.515 e. The van der Waals surface area contributed by atoms with Crippen LogP contribution in [0.4, 0.5) is 4.79 Å². The van der Waals surface area contributed by atoms with Crippen molar-refractivity contribution >= 4 is 17.8 Å². The van der Waals surface area contributed by atoms with Gasteiger partial charge in [-0.25, -0.2) is 9.48 Å². The number of aromatic nitrogens is 2. The maximum atomic E-state index is 11.6. The van der Waals surface area contributed by atoms with Crippen LogP contribution in [0.15, 0.2) is 54.6 Å². The van der Waals surface area contributed by atoms with Crippen LogP contribution in [0.25, 0.3) is 16.9 Å². The third-order valence-corrected chi connectivity index (χ3v) is 3.71. The highest BCUT2D eigenvalue weighted by Gasteiger charge is 2.16. The van der Waals surface area contributed by atoms with Gasteiger partial charge in [-0.3, -0.25) is 0 Å².